The van der Waals surface area contributed by atoms with Crippen molar-refractivity contribution in [1.29, 1.82) is 0 Å². The Balaban J connectivity index is 1.60. The molecule has 0 aromatic rings. The van der Waals surface area contributed by atoms with Crippen LogP contribution < -0.4 is 5.73 Å². The normalized spacial score (nSPS) is 34.3. The number of hydrogen-bond donors (Lipinski definition) is 1. The summed E-state index contributed by atoms with van der Waals surface area (Å²) >= 11 is 0. The average Bonchev–Trinajstić information content (AvgIpc) is 2.91. The molecule has 6 atom stereocenters. The van der Waals surface area contributed by atoms with E-state index in [1.807, 2.05) is 0 Å². The van der Waals surface area contributed by atoms with Gasteiger partial charge in [0.1, 0.15) is 0 Å². The van der Waals surface area contributed by atoms with Crippen LogP contribution in [0.4, 0.5) is 0 Å². The van der Waals surface area contributed by atoms with Crippen LogP contribution in [-0.4, -0.2) is 18.0 Å². The first-order chi connectivity index (χ1) is 19.5. The smallest absolute Gasteiger partial charge is 0.206 e. The molecular formula is C36H64N2O2. The minimum atomic E-state index is -0.0407. The van der Waals surface area contributed by atoms with Gasteiger partial charge in [0.15, 0.2) is 0 Å². The second kappa shape index (κ2) is 19.9. The van der Waals surface area contributed by atoms with E-state index >= 15 is 0 Å². The van der Waals surface area contributed by atoms with Crippen molar-refractivity contribution in [1.82, 2.24) is 0 Å². The van der Waals surface area contributed by atoms with Gasteiger partial charge in [0.05, 0.1) is 0 Å². The van der Waals surface area contributed by atoms with Crippen LogP contribution in [0.15, 0.2) is 23.8 Å². The van der Waals surface area contributed by atoms with Gasteiger partial charge < -0.3 is 5.73 Å². The van der Waals surface area contributed by atoms with Crippen LogP contribution in [-0.2, 0) is 0 Å². The van der Waals surface area contributed by atoms with Crippen molar-refractivity contribution in [3.63, 3.8) is 0 Å². The van der Waals surface area contributed by atoms with Crippen molar-refractivity contribution in [2.45, 2.75) is 155 Å². The molecule has 0 aliphatic heterocycles. The number of nitrogens with two attached hydrogens (primary N) is 1. The van der Waals surface area contributed by atoms with Crippen LogP contribution >= 0.6 is 0 Å². The molecule has 3 aliphatic rings. The summed E-state index contributed by atoms with van der Waals surface area (Å²) in [6.45, 7) is 3.48. The molecule has 230 valence electrons. The van der Waals surface area contributed by atoms with Gasteiger partial charge in [-0.05, 0) is 80.2 Å². The number of nitro groups is 1. The Morgan fingerprint density at radius 3 is 1.93 bits per heavy atom. The number of hydrogen-bond acceptors (Lipinski definition) is 3. The van der Waals surface area contributed by atoms with Gasteiger partial charge in [-0.3, -0.25) is 10.1 Å². The molecule has 2 fully saturated rings. The van der Waals surface area contributed by atoms with E-state index in [0.717, 1.165) is 55.9 Å². The Labute approximate surface area is 247 Å². The maximum absolute atomic E-state index is 11.6. The summed E-state index contributed by atoms with van der Waals surface area (Å²) in [5.74, 6) is 4.03. The Morgan fingerprint density at radius 1 is 0.750 bits per heavy atom. The summed E-state index contributed by atoms with van der Waals surface area (Å²) in [4.78, 5) is 11.6. The highest BCUT2D eigenvalue weighted by molar-refractivity contribution is 5.31. The van der Waals surface area contributed by atoms with Gasteiger partial charge >= 0.3 is 0 Å². The molecular weight excluding hydrogens is 492 g/mol. The number of nitrogens with zero attached hydrogens (tertiary/aromatic N) is 1. The molecule has 2 saturated carbocycles. The van der Waals surface area contributed by atoms with E-state index in [-0.39, 0.29) is 17.4 Å². The number of rotatable bonds is 5. The van der Waals surface area contributed by atoms with Crippen molar-refractivity contribution < 1.29 is 4.92 Å². The first-order valence-electron chi connectivity index (χ1n) is 17.7. The molecule has 0 amide bonds. The maximum Gasteiger partial charge on any atom is 0.206 e. The molecule has 2 N–H and O–H groups in total. The summed E-state index contributed by atoms with van der Waals surface area (Å²) in [6, 6.07) is 0. The molecule has 4 nitrogen and oxygen atoms in total. The zero-order valence-corrected chi connectivity index (χ0v) is 26.2. The third-order valence-corrected chi connectivity index (χ3v) is 10.7. The fraction of sp³-hybridized carbons (Fsp3) is 0.889. The molecule has 40 heavy (non-hydrogen) atoms. The van der Waals surface area contributed by atoms with Crippen molar-refractivity contribution in [2.24, 2.45) is 41.2 Å². The lowest BCUT2D eigenvalue weighted by Gasteiger charge is -2.34. The third kappa shape index (κ3) is 13.7. The molecule has 6 unspecified atom stereocenters. The van der Waals surface area contributed by atoms with Crippen LogP contribution in [0.25, 0.3) is 0 Å². The molecule has 0 heterocycles. The molecule has 0 radical (unpaired) electrons. The van der Waals surface area contributed by atoms with Crippen molar-refractivity contribution >= 4 is 0 Å². The maximum atomic E-state index is 11.6. The second-order valence-corrected chi connectivity index (χ2v) is 14.2. The minimum Gasteiger partial charge on any atom is -0.330 e. The van der Waals surface area contributed by atoms with Crippen LogP contribution in [0.2, 0.25) is 0 Å². The largest absolute Gasteiger partial charge is 0.330 e. The molecule has 3 rings (SSSR count). The van der Waals surface area contributed by atoms with Crippen molar-refractivity contribution in [3.05, 3.63) is 33.9 Å². The van der Waals surface area contributed by atoms with E-state index < -0.39 is 0 Å². The van der Waals surface area contributed by atoms with E-state index in [1.54, 1.807) is 0 Å². The van der Waals surface area contributed by atoms with Gasteiger partial charge in [-0.2, -0.15) is 0 Å². The Bertz CT molecular complexity index is 747. The second-order valence-electron chi connectivity index (χ2n) is 14.2. The average molecular weight is 557 g/mol. The van der Waals surface area contributed by atoms with Crippen LogP contribution in [0, 0.1) is 45.6 Å². The lowest BCUT2D eigenvalue weighted by Crippen LogP contribution is -2.27. The van der Waals surface area contributed by atoms with E-state index in [2.05, 4.69) is 25.2 Å². The van der Waals surface area contributed by atoms with E-state index in [0.29, 0.717) is 5.92 Å². The first-order valence-corrected chi connectivity index (χ1v) is 17.7. The molecule has 4 heteroatoms. The third-order valence-electron chi connectivity index (χ3n) is 10.7. The molecule has 0 bridgehead atoms. The quantitative estimate of drug-likeness (QED) is 0.270. The van der Waals surface area contributed by atoms with Crippen LogP contribution in [0.5, 0.6) is 0 Å². The van der Waals surface area contributed by atoms with Crippen LogP contribution in [0.1, 0.15) is 155 Å². The predicted molar refractivity (Wildman–Crippen MR) is 171 cm³/mol. The highest BCUT2D eigenvalue weighted by Crippen LogP contribution is 2.38. The Kier molecular flexibility index (Phi) is 16.6. The SMILES string of the molecule is CC1CCCCCCCC(/C=C2\C=CC2)CC(C[N+](=O)[O-])CCCCC(C2CCCC(CN)C2)CCCCCC1. The molecule has 0 aromatic carbocycles. The summed E-state index contributed by atoms with van der Waals surface area (Å²) < 4.78 is 0. The lowest BCUT2D eigenvalue weighted by atomic mass is 9.72. The van der Waals surface area contributed by atoms with Gasteiger partial charge in [-0.25, -0.2) is 0 Å². The van der Waals surface area contributed by atoms with Crippen molar-refractivity contribution in [2.75, 3.05) is 13.1 Å². The van der Waals surface area contributed by atoms with Gasteiger partial charge in [-0.1, -0.05) is 134 Å². The van der Waals surface area contributed by atoms with Crippen molar-refractivity contribution in [3.8, 4) is 0 Å². The summed E-state index contributed by atoms with van der Waals surface area (Å²) in [5, 5.41) is 11.6. The minimum absolute atomic E-state index is 0.0407. The zero-order valence-electron chi connectivity index (χ0n) is 26.2. The van der Waals surface area contributed by atoms with Gasteiger partial charge in [0.2, 0.25) is 6.54 Å². The molecule has 0 saturated heterocycles. The molecule has 0 spiro atoms. The summed E-state index contributed by atoms with van der Waals surface area (Å²) in [5.41, 5.74) is 7.56. The summed E-state index contributed by atoms with van der Waals surface area (Å²) in [6.07, 6.45) is 36.9. The van der Waals surface area contributed by atoms with Gasteiger partial charge in [0.25, 0.3) is 0 Å². The van der Waals surface area contributed by atoms with Gasteiger partial charge in [0, 0.05) is 10.8 Å². The lowest BCUT2D eigenvalue weighted by molar-refractivity contribution is -0.488. The standard InChI is InChI=1S/C36H64N2O2/c1-30-15-7-3-2-4-9-17-32(25-31-19-13-20-31)26-34(29-38(39)40)18-11-12-23-35(22-10-6-5-8-16-30)36-24-14-21-33(27-36)28-37/h13,19,25,30,32-36H,2-12,14-18,20-24,26-29,37H2,1H3/b31-25+. The zero-order chi connectivity index (χ0) is 28.4. The Morgan fingerprint density at radius 2 is 1.30 bits per heavy atom. The fourth-order valence-corrected chi connectivity index (χ4v) is 8.13. The molecule has 0 aromatic heterocycles. The van der Waals surface area contributed by atoms with Crippen LogP contribution in [0.3, 0.4) is 0 Å². The highest BCUT2D eigenvalue weighted by atomic mass is 16.6. The van der Waals surface area contributed by atoms with E-state index in [9.17, 15) is 10.1 Å². The van der Waals surface area contributed by atoms with Gasteiger partial charge in [-0.15, -0.1) is 0 Å². The molecule has 3 aliphatic carbocycles. The predicted octanol–water partition coefficient (Wildman–Crippen LogP) is 10.4. The topological polar surface area (TPSA) is 69.2 Å². The van der Waals surface area contributed by atoms with E-state index in [1.165, 1.54) is 128 Å². The monoisotopic (exact) mass is 556 g/mol. The first kappa shape index (κ1) is 33.3. The summed E-state index contributed by atoms with van der Waals surface area (Å²) in [7, 11) is 0. The fourth-order valence-electron chi connectivity index (χ4n) is 8.13. The highest BCUT2D eigenvalue weighted by Gasteiger charge is 2.28. The van der Waals surface area contributed by atoms with E-state index in [4.69, 9.17) is 5.73 Å². The number of allylic oxidation sites excluding steroid dienone is 4. The Hall–Kier alpha value is -1.16.